The molecule has 11 amide bonds. The molecule has 1 saturated heterocycles. The number of carbonyl (C=O) groups excluding carboxylic acids is 10. The van der Waals surface area contributed by atoms with Gasteiger partial charge in [-0.15, -0.1) is 0 Å². The Morgan fingerprint density at radius 2 is 1.32 bits per heavy atom. The summed E-state index contributed by atoms with van der Waals surface area (Å²) in [4.78, 5) is 153. The van der Waals surface area contributed by atoms with Gasteiger partial charge < -0.3 is 61.4 Å². The Labute approximate surface area is 560 Å². The Kier molecular flexibility index (Phi) is 32.8. The second kappa shape index (κ2) is 39.2. The number of carbonyl (C=O) groups is 11. The highest BCUT2D eigenvalue weighted by Crippen LogP contribution is 2.30. The average Bonchev–Trinajstić information content (AvgIpc) is 1.81. The average molecular weight is 1330 g/mol. The number of anilines is 1. The number of hydrogen-bond acceptors (Lipinski definition) is 15. The molecule has 0 radical (unpaired) electrons. The number of hydrogen-bond donors (Lipinski definition) is 7. The van der Waals surface area contributed by atoms with Gasteiger partial charge in [0.2, 0.25) is 35.4 Å². The van der Waals surface area contributed by atoms with E-state index in [-0.39, 0.29) is 111 Å². The number of likely N-dealkylation sites (N-methyl/N-ethyl adjacent to an activating group) is 3. The van der Waals surface area contributed by atoms with E-state index in [4.69, 9.17) is 19.9 Å². The van der Waals surface area contributed by atoms with Crippen LogP contribution in [0.2, 0.25) is 0 Å². The number of ether oxygens (including phenoxy) is 3. The number of primary amides is 1. The lowest BCUT2D eigenvalue weighted by molar-refractivity contribution is -0.145. The maximum absolute atomic E-state index is 14.5. The van der Waals surface area contributed by atoms with Crippen LogP contribution in [0.5, 0.6) is 0 Å². The molecule has 95 heavy (non-hydrogen) atoms. The fourth-order valence-electron chi connectivity index (χ4n) is 12.6. The highest BCUT2D eigenvalue weighted by atomic mass is 16.6. The standard InChI is InChI=1S/C69H107N11O15/c1-15-45(8)61(54(93-13)39-58(84)79-37-23-27-53(79)62(94-14)46(9)63(85)74-51(67(89)90)38-47-24-18-16-19-25-47)76(10)40-52(42(2)3)75-66(88)60(44(6)7)78(12)69(92)95-41-48-29-31-49(32-30-48)72-64(86)50(26-22-35-71-68(70)91)73-65(87)59(43(4)5)77(11)55(81)28-20-17-21-36-80-56(82)33-34-57(80)83/h16,18-19,24-25,29-34,42-46,50-54,59-62H,15,17,20-23,26-28,35-41H2,1-14H3,(H,72,86)(H,73,87)(H,74,85)(H,75,88)(H,89,90)(H3,70,71,91)/t45-,46+,50-,51-,52+,53-,54+,59-,60-,61-,62+/m0/s1. The van der Waals surface area contributed by atoms with Crippen molar-refractivity contribution in [3.8, 4) is 0 Å². The number of carboxylic acid groups (broad SMARTS) is 1. The Bertz CT molecular complexity index is 2890. The molecule has 11 atom stereocenters. The zero-order valence-corrected chi connectivity index (χ0v) is 58.2. The Morgan fingerprint density at radius 1 is 0.705 bits per heavy atom. The second-order valence-electron chi connectivity index (χ2n) is 26.2. The molecule has 8 N–H and O–H groups in total. The van der Waals surface area contributed by atoms with Crippen LogP contribution in [-0.2, 0) is 70.4 Å². The molecule has 0 saturated carbocycles. The summed E-state index contributed by atoms with van der Waals surface area (Å²) in [6, 6.07) is 9.51. The molecule has 0 unspecified atom stereocenters. The molecule has 26 heteroatoms. The van der Waals surface area contributed by atoms with Crippen LogP contribution in [0.25, 0.3) is 0 Å². The van der Waals surface area contributed by atoms with Gasteiger partial charge >= 0.3 is 18.1 Å². The van der Waals surface area contributed by atoms with Gasteiger partial charge in [-0.05, 0) is 92.5 Å². The summed E-state index contributed by atoms with van der Waals surface area (Å²) in [5.41, 5.74) is 6.95. The third-order valence-electron chi connectivity index (χ3n) is 18.2. The molecular weight excluding hydrogens is 1220 g/mol. The van der Waals surface area contributed by atoms with E-state index in [0.29, 0.717) is 56.4 Å². The summed E-state index contributed by atoms with van der Waals surface area (Å²) in [7, 11) is 8.05. The number of carboxylic acids is 1. The van der Waals surface area contributed by atoms with E-state index in [2.05, 4.69) is 45.3 Å². The number of rotatable bonds is 40. The van der Waals surface area contributed by atoms with Crippen molar-refractivity contribution < 1.29 is 72.1 Å². The third-order valence-corrected chi connectivity index (χ3v) is 18.2. The van der Waals surface area contributed by atoms with E-state index in [1.807, 2.05) is 40.8 Å². The number of benzene rings is 2. The second-order valence-corrected chi connectivity index (χ2v) is 26.2. The van der Waals surface area contributed by atoms with Crippen LogP contribution in [-0.4, -0.2) is 211 Å². The number of nitrogens with one attached hydrogen (secondary N) is 5. The molecule has 26 nitrogen and oxygen atoms in total. The van der Waals surface area contributed by atoms with Crippen LogP contribution < -0.4 is 32.3 Å². The zero-order chi connectivity index (χ0) is 70.8. The Morgan fingerprint density at radius 3 is 1.88 bits per heavy atom. The van der Waals surface area contributed by atoms with Crippen molar-refractivity contribution in [2.45, 2.75) is 194 Å². The van der Waals surface area contributed by atoms with Crippen molar-refractivity contribution >= 4 is 71.0 Å². The first-order valence-electron chi connectivity index (χ1n) is 33.3. The molecule has 2 aliphatic heterocycles. The minimum Gasteiger partial charge on any atom is -0.480 e. The van der Waals surface area contributed by atoms with Crippen LogP contribution in [0, 0.1) is 29.6 Å². The summed E-state index contributed by atoms with van der Waals surface area (Å²) in [5, 5.41) is 24.1. The third kappa shape index (κ3) is 24.0. The highest BCUT2D eigenvalue weighted by Gasteiger charge is 2.43. The predicted molar refractivity (Wildman–Crippen MR) is 359 cm³/mol. The zero-order valence-electron chi connectivity index (χ0n) is 58.2. The molecular formula is C69H107N11O15. The number of likely N-dealkylation sites (tertiary alicyclic amines) is 1. The van der Waals surface area contributed by atoms with Gasteiger partial charge in [-0.25, -0.2) is 14.4 Å². The number of nitrogens with two attached hydrogens (primary N) is 1. The van der Waals surface area contributed by atoms with Crippen LogP contribution in [0.4, 0.5) is 15.3 Å². The topological polar surface area (TPSA) is 338 Å². The Hall–Kier alpha value is -7.97. The molecule has 1 fully saturated rings. The van der Waals surface area contributed by atoms with E-state index in [0.717, 1.165) is 16.9 Å². The highest BCUT2D eigenvalue weighted by molar-refractivity contribution is 6.12. The first-order valence-corrected chi connectivity index (χ1v) is 33.3. The lowest BCUT2D eigenvalue weighted by Crippen LogP contribution is -2.58. The SMILES string of the molecule is CC[C@H](C)[C@@H]([C@@H](CC(=O)N1CCC[C@H]1[C@H](OC)[C@@H](C)C(=O)N[C@@H](Cc1ccccc1)C(=O)O)OC)N(C)C[C@@H](NC(=O)[C@H](C(C)C)N(C)C(=O)OCc1ccc(NC(=O)[C@H](CCCNC(N)=O)NC(=O)[C@H](C(C)C)N(C)C(=O)CCCCCN2C(=O)C=CC2=O)cc1)C(C)C. The number of unbranched alkanes of at least 4 members (excludes halogenated alkanes) is 2. The summed E-state index contributed by atoms with van der Waals surface area (Å²) >= 11 is 0. The molecule has 2 aromatic carbocycles. The van der Waals surface area contributed by atoms with Gasteiger partial charge in [0.05, 0.1) is 30.6 Å². The molecule has 0 aliphatic carbocycles. The van der Waals surface area contributed by atoms with Crippen molar-refractivity contribution in [1.29, 1.82) is 0 Å². The van der Waals surface area contributed by atoms with Gasteiger partial charge in [0.1, 0.15) is 30.8 Å². The van der Waals surface area contributed by atoms with Gasteiger partial charge in [0.15, 0.2) is 0 Å². The van der Waals surface area contributed by atoms with Crippen molar-refractivity contribution in [2.75, 3.05) is 66.9 Å². The normalized spacial score (nSPS) is 17.1. The fourth-order valence-corrected chi connectivity index (χ4v) is 12.6. The van der Waals surface area contributed by atoms with Crippen molar-refractivity contribution in [3.05, 3.63) is 77.9 Å². The largest absolute Gasteiger partial charge is 0.480 e. The predicted octanol–water partition coefficient (Wildman–Crippen LogP) is 5.47. The van der Waals surface area contributed by atoms with Gasteiger partial charge in [-0.3, -0.25) is 53.1 Å². The molecule has 528 valence electrons. The minimum absolute atomic E-state index is 0.0233. The smallest absolute Gasteiger partial charge is 0.410 e. The van der Waals surface area contributed by atoms with Gasteiger partial charge in [-0.1, -0.05) is 118 Å². The molecule has 0 bridgehead atoms. The molecule has 2 aliphatic rings. The van der Waals surface area contributed by atoms with E-state index < -0.39 is 90.2 Å². The lowest BCUT2D eigenvalue weighted by atomic mass is 9.89. The van der Waals surface area contributed by atoms with Crippen LogP contribution in [0.3, 0.4) is 0 Å². The van der Waals surface area contributed by atoms with Gasteiger partial charge in [-0.2, -0.15) is 0 Å². The monoisotopic (exact) mass is 1330 g/mol. The number of aliphatic carboxylic acids is 1. The quantitative estimate of drug-likeness (QED) is 0.0321. The number of urea groups is 1. The number of nitrogens with zero attached hydrogens (tertiary/aromatic N) is 5. The first-order chi connectivity index (χ1) is 44.9. The van der Waals surface area contributed by atoms with Gasteiger partial charge in [0, 0.05) is 97.3 Å². The molecule has 0 aromatic heterocycles. The Balaban J connectivity index is 1.37. The van der Waals surface area contributed by atoms with E-state index >= 15 is 0 Å². The van der Waals surface area contributed by atoms with Crippen molar-refractivity contribution in [1.82, 2.24) is 45.8 Å². The lowest BCUT2D eigenvalue weighted by Gasteiger charge is -2.41. The summed E-state index contributed by atoms with van der Waals surface area (Å²) < 4.78 is 17.9. The van der Waals surface area contributed by atoms with E-state index in [1.54, 1.807) is 81.3 Å². The summed E-state index contributed by atoms with van der Waals surface area (Å²) in [6.07, 6.45) is 4.56. The summed E-state index contributed by atoms with van der Waals surface area (Å²) in [5.74, 6) is -5.89. The van der Waals surface area contributed by atoms with Crippen LogP contribution in [0.1, 0.15) is 138 Å². The number of amides is 11. The van der Waals surface area contributed by atoms with Crippen molar-refractivity contribution in [3.63, 3.8) is 0 Å². The molecule has 2 heterocycles. The summed E-state index contributed by atoms with van der Waals surface area (Å²) in [6.45, 7) is 18.1. The molecule has 4 rings (SSSR count). The molecule has 0 spiro atoms. The van der Waals surface area contributed by atoms with Gasteiger partial charge in [0.25, 0.3) is 11.8 Å². The maximum atomic E-state index is 14.5. The van der Waals surface area contributed by atoms with Crippen LogP contribution in [0.15, 0.2) is 66.7 Å². The molecule has 2 aromatic rings. The maximum Gasteiger partial charge on any atom is 0.410 e. The van der Waals surface area contributed by atoms with Crippen molar-refractivity contribution in [2.24, 2.45) is 35.3 Å². The van der Waals surface area contributed by atoms with E-state index in [1.165, 1.54) is 43.2 Å². The minimum atomic E-state index is -1.16. The first kappa shape index (κ1) is 79.5. The number of imide groups is 1. The number of methoxy groups -OCH3 is 2. The fraction of sp³-hybridized carbons (Fsp3) is 0.638. The van der Waals surface area contributed by atoms with Crippen LogP contribution >= 0.6 is 0 Å². The van der Waals surface area contributed by atoms with E-state index in [9.17, 15) is 57.8 Å².